The Morgan fingerprint density at radius 3 is 2.54 bits per heavy atom. The van der Waals surface area contributed by atoms with E-state index in [4.69, 9.17) is 14.6 Å². The van der Waals surface area contributed by atoms with Gasteiger partial charge in [-0.1, -0.05) is 18.2 Å². The van der Waals surface area contributed by atoms with Crippen LogP contribution < -0.4 is 14.8 Å². The Hall–Kier alpha value is -3.02. The molecule has 1 fully saturated rings. The second-order valence-corrected chi connectivity index (χ2v) is 6.40. The van der Waals surface area contributed by atoms with Gasteiger partial charge in [0.25, 0.3) is 0 Å². The molecule has 0 bridgehead atoms. The Labute approximate surface area is 151 Å². The summed E-state index contributed by atoms with van der Waals surface area (Å²) in [6.45, 7) is 1.44. The van der Waals surface area contributed by atoms with Gasteiger partial charge in [0.2, 0.25) is 5.91 Å². The molecule has 1 saturated carbocycles. The van der Waals surface area contributed by atoms with Gasteiger partial charge in [-0.15, -0.1) is 0 Å². The molecule has 3 rings (SSSR count). The average Bonchev–Trinajstić information content (AvgIpc) is 3.43. The van der Waals surface area contributed by atoms with Crippen LogP contribution in [0, 0.1) is 6.92 Å². The van der Waals surface area contributed by atoms with Gasteiger partial charge in [0.05, 0.1) is 12.5 Å². The Bertz CT molecular complexity index is 842. The lowest BCUT2D eigenvalue weighted by atomic mass is 9.93. The van der Waals surface area contributed by atoms with Gasteiger partial charge in [0.15, 0.2) is 6.61 Å². The number of hydrogen-bond acceptors (Lipinski definition) is 4. The molecule has 0 unspecified atom stereocenters. The summed E-state index contributed by atoms with van der Waals surface area (Å²) in [5, 5.41) is 11.7. The van der Waals surface area contributed by atoms with Gasteiger partial charge in [-0.05, 0) is 49.6 Å². The van der Waals surface area contributed by atoms with Crippen LogP contribution in [0.3, 0.4) is 0 Å². The van der Waals surface area contributed by atoms with Crippen LogP contribution in [0.5, 0.6) is 11.5 Å². The molecule has 0 atom stereocenters. The molecular weight excluding hydrogens is 334 g/mol. The molecule has 0 heterocycles. The first-order valence-corrected chi connectivity index (χ1v) is 8.36. The summed E-state index contributed by atoms with van der Waals surface area (Å²) in [5.41, 5.74) is 1.83. The van der Waals surface area contributed by atoms with Crippen molar-refractivity contribution < 1.29 is 24.2 Å². The maximum absolute atomic E-state index is 12.9. The molecule has 1 aliphatic rings. The predicted molar refractivity (Wildman–Crippen MR) is 96.8 cm³/mol. The van der Waals surface area contributed by atoms with Gasteiger partial charge in [-0.2, -0.15) is 0 Å². The molecule has 6 nitrogen and oxygen atoms in total. The summed E-state index contributed by atoms with van der Waals surface area (Å²) in [4.78, 5) is 23.5. The van der Waals surface area contributed by atoms with Gasteiger partial charge in [0.1, 0.15) is 11.5 Å². The van der Waals surface area contributed by atoms with E-state index < -0.39 is 18.0 Å². The van der Waals surface area contributed by atoms with Crippen molar-refractivity contribution >= 4 is 17.6 Å². The van der Waals surface area contributed by atoms with E-state index in [-0.39, 0.29) is 5.91 Å². The average molecular weight is 355 g/mol. The van der Waals surface area contributed by atoms with E-state index in [9.17, 15) is 9.59 Å². The fraction of sp³-hybridized carbons (Fsp3) is 0.300. The molecule has 2 aromatic carbocycles. The largest absolute Gasteiger partial charge is 0.496 e. The van der Waals surface area contributed by atoms with Crippen LogP contribution in [0.15, 0.2) is 42.5 Å². The van der Waals surface area contributed by atoms with Crippen molar-refractivity contribution in [2.45, 2.75) is 25.2 Å². The van der Waals surface area contributed by atoms with Crippen molar-refractivity contribution in [2.24, 2.45) is 0 Å². The Kier molecular flexibility index (Phi) is 4.84. The summed E-state index contributed by atoms with van der Waals surface area (Å²) < 4.78 is 10.6. The number of aryl methyl sites for hydroxylation is 1. The standard InChI is InChI=1S/C20H21NO5/c1-13-11-14(26-12-18(22)23)7-8-16(13)21-19(24)20(9-10-20)15-5-3-4-6-17(15)25-2/h3-8,11H,9-10,12H2,1-2H3,(H,21,24)(H,22,23). The second-order valence-electron chi connectivity index (χ2n) is 6.40. The van der Waals surface area contributed by atoms with Crippen molar-refractivity contribution in [1.82, 2.24) is 0 Å². The monoisotopic (exact) mass is 355 g/mol. The number of benzene rings is 2. The first-order chi connectivity index (χ1) is 12.5. The SMILES string of the molecule is COc1ccccc1C1(C(=O)Nc2ccc(OCC(=O)O)cc2C)CC1. The van der Waals surface area contributed by atoms with Gasteiger partial charge < -0.3 is 19.9 Å². The third-order valence-electron chi connectivity index (χ3n) is 4.62. The van der Waals surface area contributed by atoms with Crippen molar-refractivity contribution in [3.05, 3.63) is 53.6 Å². The van der Waals surface area contributed by atoms with Crippen LogP contribution in [0.2, 0.25) is 0 Å². The number of carboxylic acids is 1. The lowest BCUT2D eigenvalue weighted by Gasteiger charge is -2.19. The number of nitrogens with one attached hydrogen (secondary N) is 1. The third-order valence-corrected chi connectivity index (χ3v) is 4.62. The number of aliphatic carboxylic acids is 1. The molecule has 1 aliphatic carbocycles. The molecule has 0 spiro atoms. The van der Waals surface area contributed by atoms with E-state index in [2.05, 4.69) is 5.32 Å². The minimum absolute atomic E-state index is 0.0655. The van der Waals surface area contributed by atoms with E-state index in [0.717, 1.165) is 24.0 Å². The quantitative estimate of drug-likeness (QED) is 0.797. The fourth-order valence-corrected chi connectivity index (χ4v) is 3.04. The topological polar surface area (TPSA) is 84.9 Å². The number of carboxylic acid groups (broad SMARTS) is 1. The summed E-state index contributed by atoms with van der Waals surface area (Å²) in [5.74, 6) is 0.0693. The Balaban J connectivity index is 1.77. The molecule has 26 heavy (non-hydrogen) atoms. The maximum Gasteiger partial charge on any atom is 0.341 e. The highest BCUT2D eigenvalue weighted by Gasteiger charge is 2.52. The highest BCUT2D eigenvalue weighted by molar-refractivity contribution is 6.02. The molecule has 136 valence electrons. The van der Waals surface area contributed by atoms with Gasteiger partial charge in [-0.25, -0.2) is 4.79 Å². The number of amides is 1. The number of anilines is 1. The molecule has 0 aliphatic heterocycles. The van der Waals surface area contributed by atoms with E-state index in [1.807, 2.05) is 31.2 Å². The zero-order valence-electron chi connectivity index (χ0n) is 14.7. The Morgan fingerprint density at radius 2 is 1.92 bits per heavy atom. The highest BCUT2D eigenvalue weighted by atomic mass is 16.5. The van der Waals surface area contributed by atoms with E-state index in [1.54, 1.807) is 25.3 Å². The number of para-hydroxylation sites is 1. The number of methoxy groups -OCH3 is 1. The lowest BCUT2D eigenvalue weighted by Crippen LogP contribution is -2.28. The molecule has 6 heteroatoms. The third kappa shape index (κ3) is 3.49. The first kappa shape index (κ1) is 17.8. The fourth-order valence-electron chi connectivity index (χ4n) is 3.04. The molecule has 0 saturated heterocycles. The molecule has 2 aromatic rings. The van der Waals surface area contributed by atoms with Gasteiger partial charge in [-0.3, -0.25) is 4.79 Å². The van der Waals surface area contributed by atoms with E-state index >= 15 is 0 Å². The summed E-state index contributed by atoms with van der Waals surface area (Å²) in [6.07, 6.45) is 1.55. The summed E-state index contributed by atoms with van der Waals surface area (Å²) in [6, 6.07) is 12.7. The number of rotatable bonds is 7. The zero-order valence-corrected chi connectivity index (χ0v) is 14.7. The van der Waals surface area contributed by atoms with E-state index in [0.29, 0.717) is 17.2 Å². The maximum atomic E-state index is 12.9. The van der Waals surface area contributed by atoms with Gasteiger partial charge >= 0.3 is 5.97 Å². The second kappa shape index (κ2) is 7.07. The van der Waals surface area contributed by atoms with Crippen LogP contribution in [0.4, 0.5) is 5.69 Å². The number of carbonyl (C=O) groups is 2. The first-order valence-electron chi connectivity index (χ1n) is 8.36. The predicted octanol–water partition coefficient (Wildman–Crippen LogP) is 3.14. The normalized spacial score (nSPS) is 14.4. The minimum Gasteiger partial charge on any atom is -0.496 e. The molecule has 2 N–H and O–H groups in total. The van der Waals surface area contributed by atoms with Crippen molar-refractivity contribution in [3.8, 4) is 11.5 Å². The number of carbonyl (C=O) groups excluding carboxylic acids is 1. The van der Waals surface area contributed by atoms with Gasteiger partial charge in [0, 0.05) is 11.3 Å². The molecular formula is C20H21NO5. The van der Waals surface area contributed by atoms with Crippen LogP contribution >= 0.6 is 0 Å². The Morgan fingerprint density at radius 1 is 1.19 bits per heavy atom. The smallest absolute Gasteiger partial charge is 0.341 e. The van der Waals surface area contributed by atoms with Crippen molar-refractivity contribution in [1.29, 1.82) is 0 Å². The molecule has 1 amide bonds. The van der Waals surface area contributed by atoms with Crippen LogP contribution in [0.25, 0.3) is 0 Å². The van der Waals surface area contributed by atoms with Crippen LogP contribution in [-0.4, -0.2) is 30.7 Å². The summed E-state index contributed by atoms with van der Waals surface area (Å²) >= 11 is 0. The highest BCUT2D eigenvalue weighted by Crippen LogP contribution is 2.52. The van der Waals surface area contributed by atoms with Crippen molar-refractivity contribution in [3.63, 3.8) is 0 Å². The number of hydrogen-bond donors (Lipinski definition) is 2. The minimum atomic E-state index is -1.03. The van der Waals surface area contributed by atoms with Crippen LogP contribution in [0.1, 0.15) is 24.0 Å². The molecule has 0 radical (unpaired) electrons. The molecule has 0 aromatic heterocycles. The van der Waals surface area contributed by atoms with E-state index in [1.165, 1.54) is 0 Å². The van der Waals surface area contributed by atoms with Crippen LogP contribution in [-0.2, 0) is 15.0 Å². The number of ether oxygens (including phenoxy) is 2. The summed E-state index contributed by atoms with van der Waals surface area (Å²) in [7, 11) is 1.60. The lowest BCUT2D eigenvalue weighted by molar-refractivity contribution is -0.139. The van der Waals surface area contributed by atoms with Crippen molar-refractivity contribution in [2.75, 3.05) is 19.0 Å². The zero-order chi connectivity index (χ0) is 18.7.